The number of carbonyl (C=O) groups excluding carboxylic acids is 1. The maximum atomic E-state index is 12.3. The van der Waals surface area contributed by atoms with E-state index in [1.807, 2.05) is 59.3 Å². The average molecular weight is 407 g/mol. The number of esters is 1. The van der Waals surface area contributed by atoms with Crippen LogP contribution in [0.15, 0.2) is 58.3 Å². The second kappa shape index (κ2) is 7.72. The van der Waals surface area contributed by atoms with Crippen LogP contribution < -0.4 is 4.74 Å². The third-order valence-corrected chi connectivity index (χ3v) is 4.47. The molecule has 0 amide bonds. The van der Waals surface area contributed by atoms with Crippen molar-refractivity contribution < 1.29 is 14.3 Å². The van der Waals surface area contributed by atoms with Crippen LogP contribution in [0, 0.1) is 0 Å². The van der Waals surface area contributed by atoms with Gasteiger partial charge in [0.05, 0.1) is 5.52 Å². The minimum absolute atomic E-state index is 0.162. The molecule has 1 aromatic carbocycles. The molecule has 0 aliphatic heterocycles. The van der Waals surface area contributed by atoms with Crippen LogP contribution in [0.5, 0.6) is 5.75 Å². The Morgan fingerprint density at radius 1 is 1.21 bits per heavy atom. The predicted octanol–water partition coefficient (Wildman–Crippen LogP) is 4.05. The molecule has 0 atom stereocenters. The Hall–Kier alpha value is -1.99. The summed E-state index contributed by atoms with van der Waals surface area (Å²) in [5.41, 5.74) is 1.06. The molecule has 0 bridgehead atoms. The number of hydrogen-bond donors (Lipinski definition) is 0. The van der Waals surface area contributed by atoms with Crippen molar-refractivity contribution in [2.75, 3.05) is 19.5 Å². The molecule has 0 N–H and O–H groups in total. The first-order valence-electron chi connectivity index (χ1n) is 7.25. The lowest BCUT2D eigenvalue weighted by molar-refractivity contribution is 0.0446. The summed E-state index contributed by atoms with van der Waals surface area (Å²) in [4.78, 5) is 16.6. The number of carbonyl (C=O) groups is 1. The van der Waals surface area contributed by atoms with Crippen LogP contribution in [0.25, 0.3) is 5.52 Å². The number of imidazole rings is 1. The van der Waals surface area contributed by atoms with Crippen molar-refractivity contribution in [2.24, 2.45) is 0 Å². The van der Waals surface area contributed by atoms with E-state index in [1.165, 1.54) is 11.8 Å². The quantitative estimate of drug-likeness (QED) is 0.351. The lowest BCUT2D eigenvalue weighted by Gasteiger charge is -2.06. The van der Waals surface area contributed by atoms with Crippen LogP contribution in [0.4, 0.5) is 0 Å². The van der Waals surface area contributed by atoms with E-state index in [9.17, 15) is 4.79 Å². The van der Waals surface area contributed by atoms with E-state index in [0.717, 1.165) is 20.9 Å². The number of halogens is 1. The second-order valence-electron chi connectivity index (χ2n) is 4.84. The molecule has 0 saturated carbocycles. The van der Waals surface area contributed by atoms with E-state index in [2.05, 4.69) is 20.9 Å². The van der Waals surface area contributed by atoms with Gasteiger partial charge in [0.1, 0.15) is 19.0 Å². The average Bonchev–Trinajstić information content (AvgIpc) is 2.99. The fourth-order valence-electron chi connectivity index (χ4n) is 2.20. The standard InChI is InChI=1S/C17H15BrN2O3S/c1-24-17-19-15(14-4-2-3-9-20(14)17)16(21)23-11-10-22-13-7-5-12(18)6-8-13/h2-9H,10-11H2,1H3. The molecule has 0 fully saturated rings. The van der Waals surface area contributed by atoms with Crippen molar-refractivity contribution in [3.05, 3.63) is 58.8 Å². The van der Waals surface area contributed by atoms with E-state index >= 15 is 0 Å². The van der Waals surface area contributed by atoms with Crippen LogP contribution in [-0.4, -0.2) is 34.8 Å². The highest BCUT2D eigenvalue weighted by atomic mass is 79.9. The smallest absolute Gasteiger partial charge is 0.359 e. The first kappa shape index (κ1) is 16.9. The first-order chi connectivity index (χ1) is 11.7. The molecule has 3 aromatic rings. The molecule has 5 nitrogen and oxygen atoms in total. The molecule has 0 spiro atoms. The zero-order valence-electron chi connectivity index (χ0n) is 12.9. The molecule has 124 valence electrons. The molecule has 2 aromatic heterocycles. The van der Waals surface area contributed by atoms with Crippen molar-refractivity contribution in [1.29, 1.82) is 0 Å². The van der Waals surface area contributed by atoms with Crippen LogP contribution in [-0.2, 0) is 4.74 Å². The van der Waals surface area contributed by atoms with Gasteiger partial charge < -0.3 is 9.47 Å². The Morgan fingerprint density at radius 2 is 2.00 bits per heavy atom. The summed E-state index contributed by atoms with van der Waals surface area (Å²) < 4.78 is 13.7. The fourth-order valence-corrected chi connectivity index (χ4v) is 3.00. The van der Waals surface area contributed by atoms with Crippen molar-refractivity contribution in [1.82, 2.24) is 9.38 Å². The second-order valence-corrected chi connectivity index (χ2v) is 6.53. The van der Waals surface area contributed by atoms with Crippen molar-refractivity contribution in [3.8, 4) is 5.75 Å². The number of nitrogens with zero attached hydrogens (tertiary/aromatic N) is 2. The van der Waals surface area contributed by atoms with Crippen LogP contribution >= 0.6 is 27.7 Å². The van der Waals surface area contributed by atoms with Gasteiger partial charge in [0.15, 0.2) is 10.9 Å². The zero-order chi connectivity index (χ0) is 16.9. The molecular weight excluding hydrogens is 392 g/mol. The van der Waals surface area contributed by atoms with Crippen LogP contribution in [0.2, 0.25) is 0 Å². The van der Waals surface area contributed by atoms with Gasteiger partial charge in [-0.3, -0.25) is 4.40 Å². The van der Waals surface area contributed by atoms with Gasteiger partial charge in [-0.25, -0.2) is 9.78 Å². The van der Waals surface area contributed by atoms with Gasteiger partial charge in [0, 0.05) is 10.7 Å². The third-order valence-electron chi connectivity index (χ3n) is 3.29. The Bertz CT molecular complexity index is 849. The van der Waals surface area contributed by atoms with Crippen molar-refractivity contribution in [3.63, 3.8) is 0 Å². The highest BCUT2D eigenvalue weighted by molar-refractivity contribution is 9.10. The van der Waals surface area contributed by atoms with Crippen LogP contribution in [0.1, 0.15) is 10.5 Å². The summed E-state index contributed by atoms with van der Waals surface area (Å²) in [6.07, 6.45) is 3.80. The maximum Gasteiger partial charge on any atom is 0.359 e. The Balaban J connectivity index is 1.60. The minimum Gasteiger partial charge on any atom is -0.490 e. The highest BCUT2D eigenvalue weighted by Gasteiger charge is 2.18. The molecular formula is C17H15BrN2O3S. The molecule has 0 saturated heterocycles. The van der Waals surface area contributed by atoms with Gasteiger partial charge in [-0.1, -0.05) is 33.8 Å². The summed E-state index contributed by atoms with van der Waals surface area (Å²) in [7, 11) is 0. The number of rotatable bonds is 6. The largest absolute Gasteiger partial charge is 0.490 e. The van der Waals surface area contributed by atoms with Gasteiger partial charge in [0.25, 0.3) is 0 Å². The SMILES string of the molecule is CSc1nc(C(=O)OCCOc2ccc(Br)cc2)c2ccccn12. The summed E-state index contributed by atoms with van der Waals surface area (Å²) in [5, 5.41) is 0.753. The molecule has 24 heavy (non-hydrogen) atoms. The fraction of sp³-hybridized carbons (Fsp3) is 0.176. The molecule has 2 heterocycles. The molecule has 7 heteroatoms. The Labute approximate surface area is 152 Å². The Morgan fingerprint density at radius 3 is 2.75 bits per heavy atom. The number of pyridine rings is 1. The Kier molecular flexibility index (Phi) is 5.42. The zero-order valence-corrected chi connectivity index (χ0v) is 15.3. The number of fused-ring (bicyclic) bond motifs is 1. The van der Waals surface area contributed by atoms with Gasteiger partial charge in [-0.2, -0.15) is 0 Å². The number of aromatic nitrogens is 2. The molecule has 0 aliphatic carbocycles. The molecule has 0 unspecified atom stereocenters. The van der Waals surface area contributed by atoms with Gasteiger partial charge in [-0.15, -0.1) is 0 Å². The third kappa shape index (κ3) is 3.73. The summed E-state index contributed by atoms with van der Waals surface area (Å²) >= 11 is 4.84. The van der Waals surface area contributed by atoms with Crippen molar-refractivity contribution >= 4 is 39.2 Å². The normalized spacial score (nSPS) is 10.8. The molecule has 0 aliphatic rings. The van der Waals surface area contributed by atoms with E-state index in [1.54, 1.807) is 0 Å². The van der Waals surface area contributed by atoms with Gasteiger partial charge in [-0.05, 0) is 42.7 Å². The van der Waals surface area contributed by atoms with E-state index in [-0.39, 0.29) is 13.2 Å². The monoisotopic (exact) mass is 406 g/mol. The highest BCUT2D eigenvalue weighted by Crippen LogP contribution is 2.20. The number of ether oxygens (including phenoxy) is 2. The topological polar surface area (TPSA) is 52.8 Å². The predicted molar refractivity (Wildman–Crippen MR) is 96.9 cm³/mol. The first-order valence-corrected chi connectivity index (χ1v) is 9.27. The minimum atomic E-state index is -0.446. The van der Waals surface area contributed by atoms with Crippen molar-refractivity contribution in [2.45, 2.75) is 5.16 Å². The number of benzene rings is 1. The summed E-state index contributed by atoms with van der Waals surface area (Å²) in [6.45, 7) is 0.448. The lowest BCUT2D eigenvalue weighted by Crippen LogP contribution is -2.13. The van der Waals surface area contributed by atoms with E-state index in [4.69, 9.17) is 9.47 Å². The molecule has 0 radical (unpaired) electrons. The van der Waals surface area contributed by atoms with E-state index < -0.39 is 5.97 Å². The maximum absolute atomic E-state index is 12.3. The molecule has 3 rings (SSSR count). The van der Waals surface area contributed by atoms with E-state index in [0.29, 0.717) is 5.69 Å². The van der Waals surface area contributed by atoms with Gasteiger partial charge in [0.2, 0.25) is 0 Å². The summed E-state index contributed by atoms with van der Waals surface area (Å²) in [5.74, 6) is 0.282. The van der Waals surface area contributed by atoms with Crippen LogP contribution in [0.3, 0.4) is 0 Å². The number of thioether (sulfide) groups is 1. The van der Waals surface area contributed by atoms with Gasteiger partial charge >= 0.3 is 5.97 Å². The summed E-state index contributed by atoms with van der Waals surface area (Å²) in [6, 6.07) is 13.1. The number of hydrogen-bond acceptors (Lipinski definition) is 5. The lowest BCUT2D eigenvalue weighted by atomic mass is 10.3.